The van der Waals surface area contributed by atoms with Crippen molar-refractivity contribution in [3.8, 4) is 17.2 Å². The summed E-state index contributed by atoms with van der Waals surface area (Å²) in [5, 5.41) is 0. The summed E-state index contributed by atoms with van der Waals surface area (Å²) in [7, 11) is 1.64. The van der Waals surface area contributed by atoms with Crippen LogP contribution < -0.4 is 15.2 Å². The maximum absolute atomic E-state index is 5.86. The third-order valence-corrected chi connectivity index (χ3v) is 3.44. The summed E-state index contributed by atoms with van der Waals surface area (Å²) in [4.78, 5) is 0. The Morgan fingerprint density at radius 3 is 2.11 bits per heavy atom. The standard InChI is InChI=1S/C15H16BrNO2/c1-10(17)14-8-7-13(9-15(14)16)19-12-5-3-11(18-2)4-6-12/h3-10H,17H2,1-2H3/t10-/m1/s1. The lowest BCUT2D eigenvalue weighted by atomic mass is 10.1. The first kappa shape index (κ1) is 13.9. The number of halogens is 1. The van der Waals surface area contributed by atoms with E-state index in [1.807, 2.05) is 49.4 Å². The highest BCUT2D eigenvalue weighted by molar-refractivity contribution is 9.10. The zero-order valence-corrected chi connectivity index (χ0v) is 12.5. The molecule has 0 heterocycles. The largest absolute Gasteiger partial charge is 0.497 e. The van der Waals surface area contributed by atoms with Crippen LogP contribution in [0.5, 0.6) is 17.2 Å². The lowest BCUT2D eigenvalue weighted by molar-refractivity contribution is 0.413. The molecule has 0 radical (unpaired) electrons. The van der Waals surface area contributed by atoms with Crippen molar-refractivity contribution in [2.45, 2.75) is 13.0 Å². The second-order valence-corrected chi connectivity index (χ2v) is 5.10. The van der Waals surface area contributed by atoms with Crippen LogP contribution in [0.25, 0.3) is 0 Å². The van der Waals surface area contributed by atoms with Crippen molar-refractivity contribution in [1.82, 2.24) is 0 Å². The van der Waals surface area contributed by atoms with Crippen molar-refractivity contribution in [3.05, 3.63) is 52.5 Å². The van der Waals surface area contributed by atoms with Gasteiger partial charge < -0.3 is 15.2 Å². The molecule has 0 fully saturated rings. The minimum atomic E-state index is -0.00980. The van der Waals surface area contributed by atoms with Gasteiger partial charge in [-0.2, -0.15) is 0 Å². The summed E-state index contributed by atoms with van der Waals surface area (Å²) >= 11 is 3.50. The highest BCUT2D eigenvalue weighted by Gasteiger charge is 2.06. The van der Waals surface area contributed by atoms with Crippen LogP contribution in [0.2, 0.25) is 0 Å². The van der Waals surface area contributed by atoms with Gasteiger partial charge in [-0.15, -0.1) is 0 Å². The van der Waals surface area contributed by atoms with E-state index in [1.165, 1.54) is 0 Å². The predicted molar refractivity (Wildman–Crippen MR) is 79.8 cm³/mol. The molecule has 2 N–H and O–H groups in total. The van der Waals surface area contributed by atoms with Gasteiger partial charge in [0.15, 0.2) is 0 Å². The number of ether oxygens (including phenoxy) is 2. The number of hydrogen-bond donors (Lipinski definition) is 1. The SMILES string of the molecule is COc1ccc(Oc2ccc([C@@H](C)N)c(Br)c2)cc1. The summed E-state index contributed by atoms with van der Waals surface area (Å²) in [6.45, 7) is 1.95. The fourth-order valence-corrected chi connectivity index (χ4v) is 2.44. The first-order chi connectivity index (χ1) is 9.10. The molecule has 0 aliphatic rings. The Kier molecular flexibility index (Phi) is 4.45. The van der Waals surface area contributed by atoms with Crippen LogP contribution in [0, 0.1) is 0 Å². The van der Waals surface area contributed by atoms with Gasteiger partial charge in [0.05, 0.1) is 7.11 Å². The van der Waals surface area contributed by atoms with Crippen molar-refractivity contribution in [2.24, 2.45) is 5.73 Å². The summed E-state index contributed by atoms with van der Waals surface area (Å²) < 4.78 is 11.8. The monoisotopic (exact) mass is 321 g/mol. The van der Waals surface area contributed by atoms with Crippen LogP contribution in [0.4, 0.5) is 0 Å². The molecule has 100 valence electrons. The molecule has 0 saturated carbocycles. The normalized spacial score (nSPS) is 12.0. The minimum Gasteiger partial charge on any atom is -0.497 e. The molecular weight excluding hydrogens is 306 g/mol. The Balaban J connectivity index is 2.16. The Morgan fingerprint density at radius 2 is 1.58 bits per heavy atom. The molecule has 2 rings (SSSR count). The summed E-state index contributed by atoms with van der Waals surface area (Å²) in [5.74, 6) is 2.34. The van der Waals surface area contributed by atoms with Crippen LogP contribution >= 0.6 is 15.9 Å². The Hall–Kier alpha value is -1.52. The smallest absolute Gasteiger partial charge is 0.128 e. The van der Waals surface area contributed by atoms with Gasteiger partial charge in [0.1, 0.15) is 17.2 Å². The Morgan fingerprint density at radius 1 is 1.00 bits per heavy atom. The fraction of sp³-hybridized carbons (Fsp3) is 0.200. The molecule has 3 nitrogen and oxygen atoms in total. The number of benzene rings is 2. The molecule has 0 spiro atoms. The lowest BCUT2D eigenvalue weighted by Crippen LogP contribution is -2.05. The van der Waals surface area contributed by atoms with Crippen LogP contribution in [0.15, 0.2) is 46.9 Å². The van der Waals surface area contributed by atoms with Crippen LogP contribution in [0.1, 0.15) is 18.5 Å². The van der Waals surface area contributed by atoms with Gasteiger partial charge in [0.25, 0.3) is 0 Å². The number of rotatable bonds is 4. The van der Waals surface area contributed by atoms with Gasteiger partial charge in [-0.1, -0.05) is 22.0 Å². The van der Waals surface area contributed by atoms with Crippen LogP contribution in [-0.2, 0) is 0 Å². The predicted octanol–water partition coefficient (Wildman–Crippen LogP) is 4.27. The average Bonchev–Trinajstić information content (AvgIpc) is 2.39. The van der Waals surface area contributed by atoms with E-state index in [-0.39, 0.29) is 6.04 Å². The van der Waals surface area contributed by atoms with Gasteiger partial charge in [0.2, 0.25) is 0 Å². The topological polar surface area (TPSA) is 44.5 Å². The third kappa shape index (κ3) is 3.49. The van der Waals surface area contributed by atoms with E-state index in [4.69, 9.17) is 15.2 Å². The van der Waals surface area contributed by atoms with Crippen molar-refractivity contribution in [1.29, 1.82) is 0 Å². The Bertz CT molecular complexity index is 553. The quantitative estimate of drug-likeness (QED) is 0.914. The van der Waals surface area contributed by atoms with Crippen LogP contribution in [-0.4, -0.2) is 7.11 Å². The van der Waals surface area contributed by atoms with Crippen molar-refractivity contribution >= 4 is 15.9 Å². The molecule has 0 saturated heterocycles. The zero-order chi connectivity index (χ0) is 13.8. The molecule has 1 atom stereocenters. The maximum Gasteiger partial charge on any atom is 0.128 e. The highest BCUT2D eigenvalue weighted by Crippen LogP contribution is 2.30. The molecule has 0 amide bonds. The molecular formula is C15H16BrNO2. The van der Waals surface area contributed by atoms with E-state index in [1.54, 1.807) is 7.11 Å². The van der Waals surface area contributed by atoms with Gasteiger partial charge in [-0.05, 0) is 48.9 Å². The second kappa shape index (κ2) is 6.08. The van der Waals surface area contributed by atoms with Crippen molar-refractivity contribution in [3.63, 3.8) is 0 Å². The van der Waals surface area contributed by atoms with Gasteiger partial charge >= 0.3 is 0 Å². The molecule has 0 aliphatic heterocycles. The number of methoxy groups -OCH3 is 1. The maximum atomic E-state index is 5.86. The average molecular weight is 322 g/mol. The minimum absolute atomic E-state index is 0.00980. The fourth-order valence-electron chi connectivity index (χ4n) is 1.72. The van der Waals surface area contributed by atoms with Gasteiger partial charge in [-0.25, -0.2) is 0 Å². The van der Waals surface area contributed by atoms with E-state index < -0.39 is 0 Å². The van der Waals surface area contributed by atoms with Gasteiger partial charge in [0, 0.05) is 10.5 Å². The van der Waals surface area contributed by atoms with E-state index in [9.17, 15) is 0 Å². The molecule has 19 heavy (non-hydrogen) atoms. The summed E-state index contributed by atoms with van der Waals surface area (Å²) in [6.07, 6.45) is 0. The Labute approximate surface area is 121 Å². The van der Waals surface area contributed by atoms with E-state index in [0.29, 0.717) is 0 Å². The zero-order valence-electron chi connectivity index (χ0n) is 10.9. The number of hydrogen-bond acceptors (Lipinski definition) is 3. The summed E-state index contributed by atoms with van der Waals surface area (Å²) in [6, 6.07) is 13.2. The lowest BCUT2D eigenvalue weighted by Gasteiger charge is -2.11. The molecule has 0 aromatic heterocycles. The first-order valence-corrected chi connectivity index (χ1v) is 6.76. The third-order valence-electron chi connectivity index (χ3n) is 2.76. The van der Waals surface area contributed by atoms with E-state index in [2.05, 4.69) is 15.9 Å². The highest BCUT2D eigenvalue weighted by atomic mass is 79.9. The number of nitrogens with two attached hydrogens (primary N) is 1. The van der Waals surface area contributed by atoms with E-state index in [0.717, 1.165) is 27.3 Å². The van der Waals surface area contributed by atoms with Crippen LogP contribution in [0.3, 0.4) is 0 Å². The van der Waals surface area contributed by atoms with Crippen molar-refractivity contribution < 1.29 is 9.47 Å². The first-order valence-electron chi connectivity index (χ1n) is 5.97. The van der Waals surface area contributed by atoms with E-state index >= 15 is 0 Å². The molecule has 2 aromatic rings. The van der Waals surface area contributed by atoms with Crippen molar-refractivity contribution in [2.75, 3.05) is 7.11 Å². The summed E-state index contributed by atoms with van der Waals surface area (Å²) in [5.41, 5.74) is 6.92. The molecule has 4 heteroatoms. The molecule has 0 aliphatic carbocycles. The molecule has 2 aromatic carbocycles. The molecule has 0 bridgehead atoms. The molecule has 0 unspecified atom stereocenters. The van der Waals surface area contributed by atoms with Gasteiger partial charge in [-0.3, -0.25) is 0 Å². The second-order valence-electron chi connectivity index (χ2n) is 4.25.